The van der Waals surface area contributed by atoms with Crippen LogP contribution in [-0.4, -0.2) is 47.9 Å². The molecule has 0 aliphatic carbocycles. The van der Waals surface area contributed by atoms with E-state index in [2.05, 4.69) is 0 Å². The van der Waals surface area contributed by atoms with E-state index in [1.807, 2.05) is 35.2 Å². The molecule has 0 amide bonds. The third-order valence-electron chi connectivity index (χ3n) is 6.00. The van der Waals surface area contributed by atoms with Gasteiger partial charge in [0.05, 0.1) is 23.8 Å². The number of hydrogen-bond acceptors (Lipinski definition) is 4. The normalized spacial score (nSPS) is 19.8. The number of carboxylic acid groups (broad SMARTS) is 1. The number of likely N-dealkylation sites (tertiary alicyclic amines) is 1. The van der Waals surface area contributed by atoms with Crippen LogP contribution in [0.1, 0.15) is 54.2 Å². The minimum atomic E-state index is -4.83. The molecule has 5 nitrogen and oxygen atoms in total. The van der Waals surface area contributed by atoms with Gasteiger partial charge in [-0.05, 0) is 55.0 Å². The van der Waals surface area contributed by atoms with Gasteiger partial charge >= 0.3 is 18.3 Å². The van der Waals surface area contributed by atoms with Gasteiger partial charge in [0.25, 0.3) is 0 Å². The van der Waals surface area contributed by atoms with E-state index in [-0.39, 0.29) is 36.7 Å². The van der Waals surface area contributed by atoms with E-state index in [1.54, 1.807) is 0 Å². The number of hydrogen-bond donors (Lipinski definition) is 2. The van der Waals surface area contributed by atoms with Gasteiger partial charge < -0.3 is 14.9 Å². The van der Waals surface area contributed by atoms with Gasteiger partial charge in [-0.2, -0.15) is 26.3 Å². The van der Waals surface area contributed by atoms with Crippen LogP contribution < -0.4 is 0 Å². The van der Waals surface area contributed by atoms with Gasteiger partial charge in [0, 0.05) is 26.3 Å². The van der Waals surface area contributed by atoms with Crippen molar-refractivity contribution in [2.75, 3.05) is 26.8 Å². The molecule has 1 aliphatic rings. The molecular weight excluding hydrogens is 492 g/mol. The summed E-state index contributed by atoms with van der Waals surface area (Å²) < 4.78 is 79.7. The molecule has 1 fully saturated rings. The predicted molar refractivity (Wildman–Crippen MR) is 120 cm³/mol. The molecule has 200 valence electrons. The molecular formula is C25H29F6NO4. The molecule has 1 saturated heterocycles. The van der Waals surface area contributed by atoms with Gasteiger partial charge in [0.2, 0.25) is 0 Å². The zero-order valence-corrected chi connectivity index (χ0v) is 19.8. The SMILES string of the molecule is CO[C@H](C)c1cc(C(F)(F)F)cc(C(F)(F)F)c1.O=C(O)CN1C[C@@H](CO)CC[C@H]1c1ccccc1. The van der Waals surface area contributed by atoms with Crippen molar-refractivity contribution >= 4 is 5.97 Å². The number of alkyl halides is 6. The van der Waals surface area contributed by atoms with Crippen molar-refractivity contribution in [2.24, 2.45) is 5.92 Å². The maximum absolute atomic E-state index is 12.5. The van der Waals surface area contributed by atoms with Crippen LogP contribution in [0.25, 0.3) is 0 Å². The van der Waals surface area contributed by atoms with Crippen LogP contribution >= 0.6 is 0 Å². The van der Waals surface area contributed by atoms with Gasteiger partial charge in [-0.3, -0.25) is 9.69 Å². The van der Waals surface area contributed by atoms with Crippen molar-refractivity contribution in [3.8, 4) is 0 Å². The third kappa shape index (κ3) is 8.49. The quantitative estimate of drug-likeness (QED) is 0.460. The zero-order chi connectivity index (χ0) is 27.1. The highest BCUT2D eigenvalue weighted by atomic mass is 19.4. The number of nitrogens with zero attached hydrogens (tertiary/aromatic N) is 1. The highest BCUT2D eigenvalue weighted by Gasteiger charge is 2.37. The van der Waals surface area contributed by atoms with E-state index in [4.69, 9.17) is 9.84 Å². The lowest BCUT2D eigenvalue weighted by atomic mass is 9.89. The standard InChI is InChI=1S/C14H19NO3.C11H10F6O/c16-10-11-6-7-13(12-4-2-1-3-5-12)15(8-11)9-14(17)18;1-6(18-2)7-3-8(10(12,13)14)5-9(4-7)11(15,16)17/h1-5,11,13,16H,6-10H2,(H,17,18);3-6H,1-2H3/t11-,13-;6-/m01/s1. The number of methoxy groups -OCH3 is 1. The van der Waals surface area contributed by atoms with Crippen LogP contribution in [0.15, 0.2) is 48.5 Å². The minimum Gasteiger partial charge on any atom is -0.480 e. The summed E-state index contributed by atoms with van der Waals surface area (Å²) in [6.07, 6.45) is -8.66. The number of halogens is 6. The number of ether oxygens (including phenoxy) is 1. The fourth-order valence-corrected chi connectivity index (χ4v) is 4.03. The van der Waals surface area contributed by atoms with E-state index in [1.165, 1.54) is 14.0 Å². The van der Waals surface area contributed by atoms with Crippen molar-refractivity contribution in [3.05, 3.63) is 70.8 Å². The summed E-state index contributed by atoms with van der Waals surface area (Å²) in [7, 11) is 1.21. The van der Waals surface area contributed by atoms with Crippen molar-refractivity contribution in [1.82, 2.24) is 4.90 Å². The number of aliphatic carboxylic acids is 1. The molecule has 0 aromatic heterocycles. The minimum absolute atomic E-state index is 0.0378. The maximum Gasteiger partial charge on any atom is 0.416 e. The molecule has 0 bridgehead atoms. The van der Waals surface area contributed by atoms with Gasteiger partial charge in [-0.15, -0.1) is 0 Å². The summed E-state index contributed by atoms with van der Waals surface area (Å²) in [6.45, 7) is 2.20. The Labute approximate surface area is 205 Å². The smallest absolute Gasteiger partial charge is 0.416 e. The summed E-state index contributed by atoms with van der Waals surface area (Å²) >= 11 is 0. The topological polar surface area (TPSA) is 70.0 Å². The van der Waals surface area contributed by atoms with Crippen LogP contribution in [0.3, 0.4) is 0 Å². The summed E-state index contributed by atoms with van der Waals surface area (Å²) in [5, 5.41) is 18.2. The first kappa shape index (κ1) is 29.6. The summed E-state index contributed by atoms with van der Waals surface area (Å²) in [5.74, 6) is -0.612. The van der Waals surface area contributed by atoms with Crippen LogP contribution in [0.5, 0.6) is 0 Å². The van der Waals surface area contributed by atoms with Gasteiger partial charge in [0.15, 0.2) is 0 Å². The summed E-state index contributed by atoms with van der Waals surface area (Å²) in [4.78, 5) is 12.9. The summed E-state index contributed by atoms with van der Waals surface area (Å²) in [6, 6.07) is 11.6. The second-order valence-corrected chi connectivity index (χ2v) is 8.59. The number of carboxylic acids is 1. The molecule has 2 aromatic rings. The Hall–Kier alpha value is -2.63. The lowest BCUT2D eigenvalue weighted by Crippen LogP contribution is -2.42. The van der Waals surface area contributed by atoms with Crippen LogP contribution in [0.2, 0.25) is 0 Å². The Morgan fingerprint density at radius 1 is 1.03 bits per heavy atom. The molecule has 0 radical (unpaired) electrons. The molecule has 0 spiro atoms. The number of benzene rings is 2. The van der Waals surface area contributed by atoms with E-state index in [0.29, 0.717) is 18.7 Å². The molecule has 2 N–H and O–H groups in total. The van der Waals surface area contributed by atoms with Crippen molar-refractivity contribution in [2.45, 2.75) is 44.3 Å². The fourth-order valence-electron chi connectivity index (χ4n) is 4.03. The molecule has 1 aliphatic heterocycles. The highest BCUT2D eigenvalue weighted by molar-refractivity contribution is 5.69. The van der Waals surface area contributed by atoms with Crippen LogP contribution in [0, 0.1) is 5.92 Å². The zero-order valence-electron chi connectivity index (χ0n) is 19.8. The molecule has 2 aromatic carbocycles. The average molecular weight is 521 g/mol. The van der Waals surface area contributed by atoms with Crippen molar-refractivity contribution in [1.29, 1.82) is 0 Å². The van der Waals surface area contributed by atoms with Crippen LogP contribution in [0.4, 0.5) is 26.3 Å². The Morgan fingerprint density at radius 2 is 1.58 bits per heavy atom. The Bertz CT molecular complexity index is 949. The monoisotopic (exact) mass is 521 g/mol. The van der Waals surface area contributed by atoms with E-state index < -0.39 is 35.6 Å². The van der Waals surface area contributed by atoms with E-state index in [9.17, 15) is 36.2 Å². The van der Waals surface area contributed by atoms with Gasteiger partial charge in [-0.1, -0.05) is 30.3 Å². The number of carbonyl (C=O) groups is 1. The second-order valence-electron chi connectivity index (χ2n) is 8.59. The Balaban J connectivity index is 0.000000254. The van der Waals surface area contributed by atoms with Crippen molar-refractivity contribution in [3.63, 3.8) is 0 Å². The lowest BCUT2D eigenvalue weighted by molar-refractivity contribution is -0.143. The van der Waals surface area contributed by atoms with Gasteiger partial charge in [-0.25, -0.2) is 0 Å². The van der Waals surface area contributed by atoms with E-state index in [0.717, 1.165) is 18.4 Å². The number of aliphatic hydroxyl groups is 1. The van der Waals surface area contributed by atoms with Crippen molar-refractivity contribution < 1.29 is 46.1 Å². The summed E-state index contributed by atoms with van der Waals surface area (Å²) in [5.41, 5.74) is -1.68. The largest absolute Gasteiger partial charge is 0.480 e. The molecule has 3 atom stereocenters. The lowest BCUT2D eigenvalue weighted by Gasteiger charge is -2.38. The number of aliphatic hydroxyl groups excluding tert-OH is 1. The van der Waals surface area contributed by atoms with E-state index >= 15 is 0 Å². The molecule has 3 rings (SSSR count). The molecule has 36 heavy (non-hydrogen) atoms. The second kappa shape index (κ2) is 12.6. The fraction of sp³-hybridized carbons (Fsp3) is 0.480. The first-order valence-corrected chi connectivity index (χ1v) is 11.2. The maximum atomic E-state index is 12.5. The molecule has 11 heteroatoms. The molecule has 0 saturated carbocycles. The Morgan fingerprint density at radius 3 is 2.03 bits per heavy atom. The number of piperidine rings is 1. The molecule has 1 heterocycles. The Kier molecular flexibility index (Phi) is 10.3. The van der Waals surface area contributed by atoms with Crippen LogP contribution in [-0.2, 0) is 21.9 Å². The average Bonchev–Trinajstić information content (AvgIpc) is 2.82. The number of rotatable bonds is 6. The first-order valence-electron chi connectivity index (χ1n) is 11.2. The van der Waals surface area contributed by atoms with Gasteiger partial charge in [0.1, 0.15) is 0 Å². The molecule has 0 unspecified atom stereocenters. The third-order valence-corrected chi connectivity index (χ3v) is 6.00. The first-order chi connectivity index (χ1) is 16.8. The highest BCUT2D eigenvalue weighted by Crippen LogP contribution is 2.38. The predicted octanol–water partition coefficient (Wildman–Crippen LogP) is 5.95.